The number of nitrogens with one attached hydrogen (secondary N) is 1. The zero-order valence-electron chi connectivity index (χ0n) is 10.6. The average molecular weight is 307 g/mol. The molecule has 0 saturated carbocycles. The number of halogens is 2. The third-order valence-electron chi connectivity index (χ3n) is 3.30. The van der Waals surface area contributed by atoms with Crippen molar-refractivity contribution in [1.82, 2.24) is 9.55 Å². The molecular weight excluding hydrogens is 295 g/mol. The van der Waals surface area contributed by atoms with E-state index < -0.39 is 0 Å². The summed E-state index contributed by atoms with van der Waals surface area (Å²) in [4.78, 5) is 3.13. The van der Waals surface area contributed by atoms with Crippen molar-refractivity contribution in [1.29, 1.82) is 0 Å². The van der Waals surface area contributed by atoms with Crippen LogP contribution in [0, 0.1) is 10.6 Å². The number of benzene rings is 2. The summed E-state index contributed by atoms with van der Waals surface area (Å²) < 4.78 is 16.2. The number of hydrogen-bond acceptors (Lipinski definition) is 1. The van der Waals surface area contributed by atoms with Crippen LogP contribution in [-0.2, 0) is 13.0 Å². The number of H-pyrrole nitrogens is 1. The van der Waals surface area contributed by atoms with E-state index in [1.165, 1.54) is 6.07 Å². The van der Waals surface area contributed by atoms with Crippen LogP contribution in [0.3, 0.4) is 0 Å². The van der Waals surface area contributed by atoms with Crippen LogP contribution in [0.25, 0.3) is 11.0 Å². The molecule has 0 aliphatic heterocycles. The van der Waals surface area contributed by atoms with Gasteiger partial charge in [-0.1, -0.05) is 29.8 Å². The SMILES string of the molecule is Fc1ccccc1CCn1c(=S)[nH]c2ccc(Cl)cc21. The Hall–Kier alpha value is -1.65. The van der Waals surface area contributed by atoms with Gasteiger partial charge in [0.05, 0.1) is 11.0 Å². The summed E-state index contributed by atoms with van der Waals surface area (Å²) in [7, 11) is 0. The molecular formula is C15H12ClFN2S. The number of fused-ring (bicyclic) bond motifs is 1. The molecule has 0 bridgehead atoms. The molecule has 0 fully saturated rings. The third kappa shape index (κ3) is 2.49. The Labute approximate surface area is 125 Å². The molecule has 0 unspecified atom stereocenters. The lowest BCUT2D eigenvalue weighted by Gasteiger charge is -2.06. The van der Waals surface area contributed by atoms with E-state index in [4.69, 9.17) is 23.8 Å². The molecule has 3 aromatic rings. The van der Waals surface area contributed by atoms with Crippen molar-refractivity contribution in [3.8, 4) is 0 Å². The van der Waals surface area contributed by atoms with Crippen LogP contribution in [0.4, 0.5) is 4.39 Å². The van der Waals surface area contributed by atoms with Crippen molar-refractivity contribution in [3.63, 3.8) is 0 Å². The van der Waals surface area contributed by atoms with Gasteiger partial charge in [0.15, 0.2) is 4.77 Å². The van der Waals surface area contributed by atoms with E-state index in [0.717, 1.165) is 11.0 Å². The average Bonchev–Trinajstić information content (AvgIpc) is 2.73. The van der Waals surface area contributed by atoms with Crippen molar-refractivity contribution in [2.24, 2.45) is 0 Å². The molecule has 0 saturated heterocycles. The Kier molecular flexibility index (Phi) is 3.59. The highest BCUT2D eigenvalue weighted by molar-refractivity contribution is 7.71. The van der Waals surface area contributed by atoms with Crippen molar-refractivity contribution < 1.29 is 4.39 Å². The van der Waals surface area contributed by atoms with Gasteiger partial charge in [0.25, 0.3) is 0 Å². The molecule has 0 atom stereocenters. The normalized spacial score (nSPS) is 11.1. The van der Waals surface area contributed by atoms with Gasteiger partial charge < -0.3 is 9.55 Å². The predicted octanol–water partition coefficient (Wildman–Crippen LogP) is 4.73. The standard InChI is InChI=1S/C15H12ClFN2S/c16-11-5-6-13-14(9-11)19(15(20)18-13)8-7-10-3-1-2-4-12(10)17/h1-6,9H,7-8H2,(H,18,20). The molecule has 0 aliphatic rings. The van der Waals surface area contributed by atoms with Gasteiger partial charge in [-0.05, 0) is 48.5 Å². The van der Waals surface area contributed by atoms with E-state index in [0.29, 0.717) is 28.3 Å². The Bertz CT molecular complexity index is 822. The first-order valence-electron chi connectivity index (χ1n) is 6.26. The maximum Gasteiger partial charge on any atom is 0.178 e. The van der Waals surface area contributed by atoms with Gasteiger partial charge in [0.2, 0.25) is 0 Å². The van der Waals surface area contributed by atoms with Crippen LogP contribution < -0.4 is 0 Å². The van der Waals surface area contributed by atoms with Gasteiger partial charge in [0, 0.05) is 11.6 Å². The van der Waals surface area contributed by atoms with Gasteiger partial charge in [-0.2, -0.15) is 0 Å². The fourth-order valence-electron chi connectivity index (χ4n) is 2.28. The van der Waals surface area contributed by atoms with Crippen molar-refractivity contribution in [2.45, 2.75) is 13.0 Å². The summed E-state index contributed by atoms with van der Waals surface area (Å²) in [5.41, 5.74) is 2.57. The summed E-state index contributed by atoms with van der Waals surface area (Å²) >= 11 is 11.3. The Morgan fingerprint density at radius 2 is 2.00 bits per heavy atom. The smallest absolute Gasteiger partial charge is 0.178 e. The highest BCUT2D eigenvalue weighted by atomic mass is 35.5. The molecule has 3 rings (SSSR count). The van der Waals surface area contributed by atoms with E-state index >= 15 is 0 Å². The van der Waals surface area contributed by atoms with E-state index in [1.807, 2.05) is 28.8 Å². The van der Waals surface area contributed by atoms with Gasteiger partial charge >= 0.3 is 0 Å². The van der Waals surface area contributed by atoms with E-state index in [2.05, 4.69) is 4.98 Å². The number of rotatable bonds is 3. The maximum atomic E-state index is 13.6. The fraction of sp³-hybridized carbons (Fsp3) is 0.133. The van der Waals surface area contributed by atoms with Crippen LogP contribution in [-0.4, -0.2) is 9.55 Å². The first-order chi connectivity index (χ1) is 9.65. The summed E-state index contributed by atoms with van der Waals surface area (Å²) in [5.74, 6) is -0.183. The maximum absolute atomic E-state index is 13.6. The third-order valence-corrected chi connectivity index (χ3v) is 3.86. The van der Waals surface area contributed by atoms with E-state index in [9.17, 15) is 4.39 Å². The van der Waals surface area contributed by atoms with Crippen LogP contribution >= 0.6 is 23.8 Å². The number of hydrogen-bond donors (Lipinski definition) is 1. The lowest BCUT2D eigenvalue weighted by atomic mass is 10.1. The van der Waals surface area contributed by atoms with Gasteiger partial charge in [-0.25, -0.2) is 4.39 Å². The summed E-state index contributed by atoms with van der Waals surface area (Å²) in [5, 5.41) is 0.658. The van der Waals surface area contributed by atoms with Gasteiger partial charge in [0.1, 0.15) is 5.82 Å². The lowest BCUT2D eigenvalue weighted by molar-refractivity contribution is 0.595. The van der Waals surface area contributed by atoms with Crippen molar-refractivity contribution >= 4 is 34.9 Å². The fourth-order valence-corrected chi connectivity index (χ4v) is 2.75. The van der Waals surface area contributed by atoms with Crippen LogP contribution in [0.5, 0.6) is 0 Å². The predicted molar refractivity (Wildman–Crippen MR) is 82.2 cm³/mol. The van der Waals surface area contributed by atoms with Crippen LogP contribution in [0.2, 0.25) is 5.02 Å². The zero-order valence-corrected chi connectivity index (χ0v) is 12.1. The van der Waals surface area contributed by atoms with Gasteiger partial charge in [-0.3, -0.25) is 0 Å². The van der Waals surface area contributed by atoms with Crippen LogP contribution in [0.15, 0.2) is 42.5 Å². The Morgan fingerprint density at radius 1 is 1.20 bits per heavy atom. The first-order valence-corrected chi connectivity index (χ1v) is 7.05. The molecule has 0 radical (unpaired) electrons. The molecule has 0 amide bonds. The second kappa shape index (κ2) is 5.38. The largest absolute Gasteiger partial charge is 0.331 e. The molecule has 2 aromatic carbocycles. The molecule has 5 heteroatoms. The molecule has 102 valence electrons. The number of nitrogens with zero attached hydrogens (tertiary/aromatic N) is 1. The molecule has 1 aromatic heterocycles. The van der Waals surface area contributed by atoms with Crippen LogP contribution in [0.1, 0.15) is 5.56 Å². The minimum Gasteiger partial charge on any atom is -0.331 e. The summed E-state index contributed by atoms with van der Waals surface area (Å²) in [6.07, 6.45) is 0.584. The second-order valence-corrected chi connectivity index (χ2v) is 5.41. The Balaban J connectivity index is 1.95. The van der Waals surface area contributed by atoms with Gasteiger partial charge in [-0.15, -0.1) is 0 Å². The molecule has 0 spiro atoms. The molecule has 2 nitrogen and oxygen atoms in total. The Morgan fingerprint density at radius 3 is 2.80 bits per heavy atom. The number of aromatic amines is 1. The molecule has 1 heterocycles. The minimum atomic E-state index is -0.183. The number of aromatic nitrogens is 2. The molecule has 0 aliphatic carbocycles. The number of aryl methyl sites for hydroxylation is 2. The number of imidazole rings is 1. The first kappa shape index (κ1) is 13.3. The highest BCUT2D eigenvalue weighted by Crippen LogP contribution is 2.20. The summed E-state index contributed by atoms with van der Waals surface area (Å²) in [6, 6.07) is 12.4. The van der Waals surface area contributed by atoms with E-state index in [-0.39, 0.29) is 5.82 Å². The zero-order chi connectivity index (χ0) is 14.1. The second-order valence-electron chi connectivity index (χ2n) is 4.58. The molecule has 20 heavy (non-hydrogen) atoms. The molecule has 1 N–H and O–H groups in total. The highest BCUT2D eigenvalue weighted by Gasteiger charge is 2.07. The monoisotopic (exact) mass is 306 g/mol. The summed E-state index contributed by atoms with van der Waals surface area (Å²) in [6.45, 7) is 0.611. The quantitative estimate of drug-likeness (QED) is 0.694. The van der Waals surface area contributed by atoms with E-state index in [1.54, 1.807) is 12.1 Å². The minimum absolute atomic E-state index is 0.183. The van der Waals surface area contributed by atoms with Crippen molar-refractivity contribution in [3.05, 3.63) is 63.6 Å². The topological polar surface area (TPSA) is 20.7 Å². The lowest BCUT2D eigenvalue weighted by Crippen LogP contribution is -2.02. The van der Waals surface area contributed by atoms with Crippen molar-refractivity contribution in [2.75, 3.05) is 0 Å².